The third kappa shape index (κ3) is 3.23. The van der Waals surface area contributed by atoms with Crippen molar-refractivity contribution in [2.75, 3.05) is 46.0 Å². The molecule has 0 saturated carbocycles. The van der Waals surface area contributed by atoms with Crippen molar-refractivity contribution in [1.29, 1.82) is 0 Å². The fourth-order valence-electron chi connectivity index (χ4n) is 1.77. The Balaban J connectivity index is 2.44. The largest absolute Gasteiger partial charge is 0.391 e. The Hall–Kier alpha value is -0.160. The molecule has 78 valence electrons. The summed E-state index contributed by atoms with van der Waals surface area (Å²) in [5.41, 5.74) is 0. The molecular formula is C9H20NO3+. The van der Waals surface area contributed by atoms with E-state index < -0.39 is 0 Å². The van der Waals surface area contributed by atoms with Crippen LogP contribution in [0.15, 0.2) is 0 Å². The monoisotopic (exact) mass is 190 g/mol. The van der Waals surface area contributed by atoms with Gasteiger partial charge in [-0.1, -0.05) is 0 Å². The number of hydrogen-bond acceptors (Lipinski definition) is 3. The van der Waals surface area contributed by atoms with Gasteiger partial charge in [0, 0.05) is 0 Å². The minimum absolute atomic E-state index is 0.181. The van der Waals surface area contributed by atoms with Crippen molar-refractivity contribution in [2.45, 2.75) is 13.0 Å². The van der Waals surface area contributed by atoms with Crippen molar-refractivity contribution < 1.29 is 19.4 Å². The number of ether oxygens (including phenoxy) is 1. The molecule has 1 saturated heterocycles. The van der Waals surface area contributed by atoms with Gasteiger partial charge < -0.3 is 19.4 Å². The highest BCUT2D eigenvalue weighted by atomic mass is 16.6. The Morgan fingerprint density at radius 2 is 1.85 bits per heavy atom. The molecule has 0 aromatic rings. The lowest BCUT2D eigenvalue weighted by Gasteiger charge is -2.36. The van der Waals surface area contributed by atoms with Gasteiger partial charge in [0.05, 0.1) is 26.4 Å². The lowest BCUT2D eigenvalue weighted by molar-refractivity contribution is -0.927. The SMILES string of the molecule is CC[N+](CCO)(CCO)CC1CO1. The van der Waals surface area contributed by atoms with Crippen molar-refractivity contribution in [3.05, 3.63) is 0 Å². The fraction of sp³-hybridized carbons (Fsp3) is 1.00. The molecule has 0 spiro atoms. The maximum Gasteiger partial charge on any atom is 0.130 e. The first-order valence-corrected chi connectivity index (χ1v) is 4.95. The van der Waals surface area contributed by atoms with Gasteiger partial charge in [0.15, 0.2) is 0 Å². The van der Waals surface area contributed by atoms with Crippen molar-refractivity contribution in [2.24, 2.45) is 0 Å². The number of rotatable bonds is 7. The van der Waals surface area contributed by atoms with E-state index in [2.05, 4.69) is 6.92 Å². The minimum Gasteiger partial charge on any atom is -0.391 e. The number of quaternary nitrogens is 1. The summed E-state index contributed by atoms with van der Waals surface area (Å²) in [6.07, 6.45) is 0.359. The zero-order valence-corrected chi connectivity index (χ0v) is 8.28. The number of epoxide rings is 1. The van der Waals surface area contributed by atoms with E-state index in [9.17, 15) is 0 Å². The van der Waals surface area contributed by atoms with Gasteiger partial charge in [-0.05, 0) is 6.92 Å². The van der Waals surface area contributed by atoms with E-state index >= 15 is 0 Å². The van der Waals surface area contributed by atoms with Crippen molar-refractivity contribution in [1.82, 2.24) is 0 Å². The molecule has 0 aromatic heterocycles. The molecule has 1 fully saturated rings. The molecule has 1 atom stereocenters. The van der Waals surface area contributed by atoms with Gasteiger partial charge in [-0.15, -0.1) is 0 Å². The fourth-order valence-corrected chi connectivity index (χ4v) is 1.77. The number of aliphatic hydroxyl groups is 2. The molecule has 0 aromatic carbocycles. The molecule has 1 aliphatic heterocycles. The van der Waals surface area contributed by atoms with Gasteiger partial charge in [0.1, 0.15) is 25.7 Å². The quantitative estimate of drug-likeness (QED) is 0.408. The van der Waals surface area contributed by atoms with E-state index in [1.807, 2.05) is 0 Å². The van der Waals surface area contributed by atoms with Gasteiger partial charge in [-0.2, -0.15) is 0 Å². The maximum absolute atomic E-state index is 8.95. The van der Waals surface area contributed by atoms with E-state index in [4.69, 9.17) is 14.9 Å². The predicted molar refractivity (Wildman–Crippen MR) is 49.3 cm³/mol. The average molecular weight is 190 g/mol. The van der Waals surface area contributed by atoms with E-state index in [1.165, 1.54) is 0 Å². The minimum atomic E-state index is 0.181. The summed E-state index contributed by atoms with van der Waals surface area (Å²) < 4.78 is 5.96. The summed E-state index contributed by atoms with van der Waals surface area (Å²) in [5.74, 6) is 0. The first-order chi connectivity index (χ1) is 6.26. The molecule has 2 N–H and O–H groups in total. The molecule has 1 aliphatic rings. The van der Waals surface area contributed by atoms with Crippen molar-refractivity contribution in [3.8, 4) is 0 Å². The Bertz CT molecular complexity index is 142. The number of aliphatic hydroxyl groups excluding tert-OH is 2. The second kappa shape index (κ2) is 4.91. The molecule has 0 bridgehead atoms. The summed E-state index contributed by atoms with van der Waals surface area (Å²) in [5, 5.41) is 17.9. The standard InChI is InChI=1S/C9H20NO3/c1-2-10(3-5-11,4-6-12)7-9-8-13-9/h9,11-12H,2-8H2,1H3/q+1. The van der Waals surface area contributed by atoms with Crippen molar-refractivity contribution >= 4 is 0 Å². The smallest absolute Gasteiger partial charge is 0.130 e. The summed E-state index contributed by atoms with van der Waals surface area (Å²) in [7, 11) is 0. The van der Waals surface area contributed by atoms with Crippen molar-refractivity contribution in [3.63, 3.8) is 0 Å². The van der Waals surface area contributed by atoms with Crippen LogP contribution >= 0.6 is 0 Å². The summed E-state index contributed by atoms with van der Waals surface area (Å²) in [6.45, 7) is 6.61. The summed E-state index contributed by atoms with van der Waals surface area (Å²) in [4.78, 5) is 0. The average Bonchev–Trinajstić information content (AvgIpc) is 2.89. The van der Waals surface area contributed by atoms with E-state index in [-0.39, 0.29) is 13.2 Å². The lowest BCUT2D eigenvalue weighted by Crippen LogP contribution is -2.53. The van der Waals surface area contributed by atoms with Crippen LogP contribution in [0.3, 0.4) is 0 Å². The Morgan fingerprint density at radius 3 is 2.15 bits per heavy atom. The Labute approximate surface area is 79.3 Å². The molecule has 1 rings (SSSR count). The Morgan fingerprint density at radius 1 is 1.31 bits per heavy atom. The zero-order valence-electron chi connectivity index (χ0n) is 8.28. The normalized spacial score (nSPS) is 21.9. The van der Waals surface area contributed by atoms with Crippen LogP contribution in [-0.2, 0) is 4.74 Å². The molecule has 0 radical (unpaired) electrons. The second-order valence-corrected chi connectivity index (χ2v) is 3.69. The highest BCUT2D eigenvalue weighted by Crippen LogP contribution is 2.16. The number of hydrogen-bond donors (Lipinski definition) is 2. The zero-order chi connectivity index (χ0) is 9.73. The molecule has 1 unspecified atom stereocenters. The highest BCUT2D eigenvalue weighted by Gasteiger charge is 2.35. The Kier molecular flexibility index (Phi) is 4.12. The molecule has 4 nitrogen and oxygen atoms in total. The highest BCUT2D eigenvalue weighted by molar-refractivity contribution is 4.68. The van der Waals surface area contributed by atoms with E-state index in [1.54, 1.807) is 0 Å². The molecule has 1 heterocycles. The molecule has 4 heteroatoms. The molecular weight excluding hydrogens is 170 g/mol. The maximum atomic E-state index is 8.95. The number of likely N-dealkylation sites (N-methyl/N-ethyl adjacent to an activating group) is 1. The van der Waals surface area contributed by atoms with Crippen LogP contribution in [0.2, 0.25) is 0 Å². The van der Waals surface area contributed by atoms with E-state index in [0.717, 1.165) is 37.3 Å². The van der Waals surface area contributed by atoms with Crippen LogP contribution in [0.5, 0.6) is 0 Å². The van der Waals surface area contributed by atoms with Crippen LogP contribution in [0, 0.1) is 0 Å². The molecule has 0 amide bonds. The molecule has 0 aliphatic carbocycles. The second-order valence-electron chi connectivity index (χ2n) is 3.69. The van der Waals surface area contributed by atoms with Crippen LogP contribution in [0.25, 0.3) is 0 Å². The lowest BCUT2D eigenvalue weighted by atomic mass is 10.3. The van der Waals surface area contributed by atoms with Crippen LogP contribution in [-0.4, -0.2) is 66.8 Å². The number of nitrogens with zero attached hydrogens (tertiary/aromatic N) is 1. The third-order valence-corrected chi connectivity index (χ3v) is 2.81. The topological polar surface area (TPSA) is 53.0 Å². The van der Waals surface area contributed by atoms with Gasteiger partial charge in [0.25, 0.3) is 0 Å². The van der Waals surface area contributed by atoms with Crippen LogP contribution in [0.1, 0.15) is 6.92 Å². The van der Waals surface area contributed by atoms with Gasteiger partial charge in [0.2, 0.25) is 0 Å². The predicted octanol–water partition coefficient (Wildman–Crippen LogP) is -0.793. The summed E-state index contributed by atoms with van der Waals surface area (Å²) in [6, 6.07) is 0. The van der Waals surface area contributed by atoms with Gasteiger partial charge in [-0.25, -0.2) is 0 Å². The van der Waals surface area contributed by atoms with Crippen LogP contribution < -0.4 is 0 Å². The third-order valence-electron chi connectivity index (χ3n) is 2.81. The van der Waals surface area contributed by atoms with Crippen LogP contribution in [0.4, 0.5) is 0 Å². The first-order valence-electron chi connectivity index (χ1n) is 4.95. The summed E-state index contributed by atoms with van der Waals surface area (Å²) >= 11 is 0. The van der Waals surface area contributed by atoms with E-state index in [0.29, 0.717) is 6.10 Å². The molecule has 13 heavy (non-hydrogen) atoms. The van der Waals surface area contributed by atoms with Gasteiger partial charge >= 0.3 is 0 Å². The first kappa shape index (κ1) is 10.9. The van der Waals surface area contributed by atoms with Gasteiger partial charge in [-0.3, -0.25) is 0 Å².